The van der Waals surface area contributed by atoms with Crippen molar-refractivity contribution in [3.63, 3.8) is 0 Å². The fraction of sp³-hybridized carbons (Fsp3) is 0.167. The van der Waals surface area contributed by atoms with Gasteiger partial charge in [-0.2, -0.15) is 0 Å². The van der Waals surface area contributed by atoms with E-state index in [0.717, 1.165) is 6.54 Å². The van der Waals surface area contributed by atoms with Gasteiger partial charge in [-0.25, -0.2) is 14.4 Å². The Morgan fingerprint density at radius 3 is 2.94 bits per heavy atom. The lowest BCUT2D eigenvalue weighted by atomic mass is 10.1. The molecule has 5 heteroatoms. The largest absolute Gasteiger partial charge is 0.370 e. The first kappa shape index (κ1) is 12.0. The van der Waals surface area contributed by atoms with Crippen LogP contribution in [0.2, 0.25) is 0 Å². The lowest BCUT2D eigenvalue weighted by Crippen LogP contribution is -2.00. The van der Waals surface area contributed by atoms with E-state index < -0.39 is 0 Å². The summed E-state index contributed by atoms with van der Waals surface area (Å²) in [6.45, 7) is 2.74. The standard InChI is InChI=1S/C12H11BrFN3/c1-2-15-11-6-10(16-7-17-11)8-4-3-5-9(13)12(8)14/h3-7H,2H2,1H3,(H,15,16,17). The Labute approximate surface area is 107 Å². The molecule has 0 fully saturated rings. The minimum Gasteiger partial charge on any atom is -0.370 e. The monoisotopic (exact) mass is 295 g/mol. The number of benzene rings is 1. The molecule has 2 rings (SSSR count). The van der Waals surface area contributed by atoms with Crippen LogP contribution in [0.3, 0.4) is 0 Å². The number of hydrogen-bond acceptors (Lipinski definition) is 3. The molecule has 0 aliphatic rings. The summed E-state index contributed by atoms with van der Waals surface area (Å²) in [4.78, 5) is 8.13. The Hall–Kier alpha value is -1.49. The Morgan fingerprint density at radius 2 is 2.18 bits per heavy atom. The predicted molar refractivity (Wildman–Crippen MR) is 69.3 cm³/mol. The Bertz CT molecular complexity index is 531. The summed E-state index contributed by atoms with van der Waals surface area (Å²) in [5, 5.41) is 3.07. The van der Waals surface area contributed by atoms with Gasteiger partial charge in [0.2, 0.25) is 0 Å². The number of nitrogens with one attached hydrogen (secondary N) is 1. The maximum Gasteiger partial charge on any atom is 0.146 e. The predicted octanol–water partition coefficient (Wildman–Crippen LogP) is 3.48. The van der Waals surface area contributed by atoms with Gasteiger partial charge in [-0.3, -0.25) is 0 Å². The molecule has 0 spiro atoms. The van der Waals surface area contributed by atoms with E-state index in [1.54, 1.807) is 24.3 Å². The van der Waals surface area contributed by atoms with Crippen LogP contribution in [0.4, 0.5) is 10.2 Å². The third kappa shape index (κ3) is 2.61. The molecule has 0 aliphatic carbocycles. The molecule has 1 heterocycles. The van der Waals surface area contributed by atoms with Crippen molar-refractivity contribution in [2.45, 2.75) is 6.92 Å². The second kappa shape index (κ2) is 5.23. The van der Waals surface area contributed by atoms with Gasteiger partial charge in [-0.05, 0) is 35.0 Å². The summed E-state index contributed by atoms with van der Waals surface area (Å²) in [6, 6.07) is 6.86. The van der Waals surface area contributed by atoms with Crippen LogP contribution in [-0.2, 0) is 0 Å². The molecule has 0 radical (unpaired) electrons. The van der Waals surface area contributed by atoms with Crippen molar-refractivity contribution in [3.05, 3.63) is 40.9 Å². The molecule has 1 aromatic carbocycles. The van der Waals surface area contributed by atoms with E-state index in [4.69, 9.17) is 0 Å². The molecule has 0 saturated heterocycles. The van der Waals surface area contributed by atoms with Gasteiger partial charge in [0.1, 0.15) is 18.0 Å². The molecule has 17 heavy (non-hydrogen) atoms. The average Bonchev–Trinajstić information content (AvgIpc) is 2.33. The number of anilines is 1. The minimum absolute atomic E-state index is 0.311. The molecule has 0 saturated carbocycles. The first-order valence-corrected chi connectivity index (χ1v) is 6.02. The molecule has 0 unspecified atom stereocenters. The number of hydrogen-bond donors (Lipinski definition) is 1. The zero-order chi connectivity index (χ0) is 12.3. The van der Waals surface area contributed by atoms with E-state index in [0.29, 0.717) is 21.5 Å². The minimum atomic E-state index is -0.311. The summed E-state index contributed by atoms with van der Waals surface area (Å²) in [6.07, 6.45) is 1.42. The SMILES string of the molecule is CCNc1cc(-c2cccc(Br)c2F)ncn1. The molecule has 3 nitrogen and oxygen atoms in total. The van der Waals surface area contributed by atoms with Crippen molar-refractivity contribution in [3.8, 4) is 11.3 Å². The van der Waals surface area contributed by atoms with Gasteiger partial charge in [0.25, 0.3) is 0 Å². The van der Waals surface area contributed by atoms with Crippen LogP contribution in [0.5, 0.6) is 0 Å². The van der Waals surface area contributed by atoms with E-state index >= 15 is 0 Å². The van der Waals surface area contributed by atoms with E-state index in [2.05, 4.69) is 31.2 Å². The molecular formula is C12H11BrFN3. The number of halogens is 2. The molecule has 0 aliphatic heterocycles. The van der Waals surface area contributed by atoms with Gasteiger partial charge < -0.3 is 5.32 Å². The number of aromatic nitrogens is 2. The highest BCUT2D eigenvalue weighted by Gasteiger charge is 2.09. The fourth-order valence-electron chi connectivity index (χ4n) is 1.48. The van der Waals surface area contributed by atoms with Crippen molar-refractivity contribution in [1.82, 2.24) is 9.97 Å². The van der Waals surface area contributed by atoms with Crippen LogP contribution in [0, 0.1) is 5.82 Å². The topological polar surface area (TPSA) is 37.8 Å². The highest BCUT2D eigenvalue weighted by atomic mass is 79.9. The third-order valence-corrected chi connectivity index (χ3v) is 2.86. The van der Waals surface area contributed by atoms with Crippen molar-refractivity contribution >= 4 is 21.7 Å². The van der Waals surface area contributed by atoms with Gasteiger partial charge in [0.15, 0.2) is 0 Å². The highest BCUT2D eigenvalue weighted by Crippen LogP contribution is 2.27. The van der Waals surface area contributed by atoms with E-state index in [9.17, 15) is 4.39 Å². The normalized spacial score (nSPS) is 10.3. The number of nitrogens with zero attached hydrogens (tertiary/aromatic N) is 2. The molecule has 0 bridgehead atoms. The average molecular weight is 296 g/mol. The lowest BCUT2D eigenvalue weighted by molar-refractivity contribution is 0.624. The van der Waals surface area contributed by atoms with Gasteiger partial charge in [-0.1, -0.05) is 6.07 Å². The smallest absolute Gasteiger partial charge is 0.146 e. The van der Waals surface area contributed by atoms with Crippen LogP contribution < -0.4 is 5.32 Å². The first-order valence-electron chi connectivity index (χ1n) is 5.22. The van der Waals surface area contributed by atoms with Crippen LogP contribution in [-0.4, -0.2) is 16.5 Å². The van der Waals surface area contributed by atoms with Gasteiger partial charge in [0.05, 0.1) is 10.2 Å². The summed E-state index contributed by atoms with van der Waals surface area (Å²) < 4.78 is 14.3. The zero-order valence-electron chi connectivity index (χ0n) is 9.24. The maximum absolute atomic E-state index is 13.9. The van der Waals surface area contributed by atoms with Crippen molar-refractivity contribution in [2.75, 3.05) is 11.9 Å². The van der Waals surface area contributed by atoms with Gasteiger partial charge in [-0.15, -0.1) is 0 Å². The van der Waals surface area contributed by atoms with Crippen molar-refractivity contribution < 1.29 is 4.39 Å². The second-order valence-electron chi connectivity index (χ2n) is 3.42. The van der Waals surface area contributed by atoms with E-state index in [1.165, 1.54) is 6.33 Å². The molecular weight excluding hydrogens is 285 g/mol. The summed E-state index contributed by atoms with van der Waals surface area (Å²) >= 11 is 3.16. The van der Waals surface area contributed by atoms with Crippen LogP contribution in [0.1, 0.15) is 6.92 Å². The van der Waals surface area contributed by atoms with Crippen LogP contribution in [0.15, 0.2) is 35.1 Å². The summed E-state index contributed by atoms with van der Waals surface area (Å²) in [5.74, 6) is 0.380. The van der Waals surface area contributed by atoms with Gasteiger partial charge >= 0.3 is 0 Å². The third-order valence-electron chi connectivity index (χ3n) is 2.25. The van der Waals surface area contributed by atoms with Gasteiger partial charge in [0, 0.05) is 18.2 Å². The Morgan fingerprint density at radius 1 is 1.35 bits per heavy atom. The molecule has 0 amide bonds. The molecule has 88 valence electrons. The molecule has 0 atom stereocenters. The molecule has 1 N–H and O–H groups in total. The second-order valence-corrected chi connectivity index (χ2v) is 4.27. The highest BCUT2D eigenvalue weighted by molar-refractivity contribution is 9.10. The van der Waals surface area contributed by atoms with E-state index in [-0.39, 0.29) is 5.82 Å². The Balaban J connectivity index is 2.45. The number of rotatable bonds is 3. The molecule has 1 aromatic heterocycles. The Kier molecular flexibility index (Phi) is 3.68. The molecule has 2 aromatic rings. The first-order chi connectivity index (χ1) is 8.22. The van der Waals surface area contributed by atoms with Crippen molar-refractivity contribution in [1.29, 1.82) is 0 Å². The maximum atomic E-state index is 13.9. The van der Waals surface area contributed by atoms with Crippen molar-refractivity contribution in [2.24, 2.45) is 0 Å². The quantitative estimate of drug-likeness (QED) is 0.942. The zero-order valence-corrected chi connectivity index (χ0v) is 10.8. The lowest BCUT2D eigenvalue weighted by Gasteiger charge is -2.06. The van der Waals surface area contributed by atoms with E-state index in [1.807, 2.05) is 6.92 Å². The van der Waals surface area contributed by atoms with Crippen LogP contribution >= 0.6 is 15.9 Å². The summed E-state index contributed by atoms with van der Waals surface area (Å²) in [5.41, 5.74) is 1.02. The van der Waals surface area contributed by atoms with Crippen LogP contribution in [0.25, 0.3) is 11.3 Å². The fourth-order valence-corrected chi connectivity index (χ4v) is 1.85. The summed E-state index contributed by atoms with van der Waals surface area (Å²) in [7, 11) is 0.